The van der Waals surface area contributed by atoms with Crippen LogP contribution in [0.25, 0.3) is 12.2 Å². The number of carboxylic acid groups (broad SMARTS) is 1. The molecule has 8 bridgehead atoms. The first-order valence-corrected chi connectivity index (χ1v) is 9.02. The minimum absolute atomic E-state index is 0.457. The predicted octanol–water partition coefficient (Wildman–Crippen LogP) is 1.12. The molecule has 0 saturated carbocycles. The molecule has 1 aromatic heterocycles. The Morgan fingerprint density at radius 3 is 2.57 bits per heavy atom. The molecular formula is C22H18N4O2. The van der Waals surface area contributed by atoms with Crippen molar-refractivity contribution in [2.24, 2.45) is 9.98 Å². The number of carbonyl (C=O) groups is 1. The van der Waals surface area contributed by atoms with Gasteiger partial charge in [0, 0.05) is 16.4 Å². The lowest BCUT2D eigenvalue weighted by atomic mass is 10.00. The molecule has 0 saturated heterocycles. The van der Waals surface area contributed by atoms with Gasteiger partial charge in [0.25, 0.3) is 0 Å². The summed E-state index contributed by atoms with van der Waals surface area (Å²) in [6.45, 7) is 2.02. The number of aliphatic imine (C=N–C) groups is 2. The molecule has 5 heterocycles. The number of nitrogens with zero attached hydrogens (tertiary/aromatic N) is 2. The number of hydrogen-bond acceptors (Lipinski definition) is 4. The van der Waals surface area contributed by atoms with Gasteiger partial charge in [0.1, 0.15) is 0 Å². The number of carboxylic acids is 1. The summed E-state index contributed by atoms with van der Waals surface area (Å²) in [6.07, 6.45) is 18.7. The van der Waals surface area contributed by atoms with Crippen LogP contribution in [0.3, 0.4) is 0 Å². The van der Waals surface area contributed by atoms with Crippen LogP contribution in [0.5, 0.6) is 0 Å². The molecule has 5 rings (SSSR count). The smallest absolute Gasteiger partial charge is 0.339 e. The van der Waals surface area contributed by atoms with Gasteiger partial charge in [-0.15, -0.1) is 0 Å². The van der Waals surface area contributed by atoms with Gasteiger partial charge in [-0.2, -0.15) is 0 Å². The molecule has 6 heteroatoms. The van der Waals surface area contributed by atoms with Gasteiger partial charge in [0.15, 0.2) is 5.54 Å². The van der Waals surface area contributed by atoms with Gasteiger partial charge in [-0.1, -0.05) is 6.08 Å². The van der Waals surface area contributed by atoms with Crippen molar-refractivity contribution < 1.29 is 9.90 Å². The number of aliphatic carboxylic acids is 1. The third-order valence-electron chi connectivity index (χ3n) is 5.03. The normalized spacial score (nSPS) is 29.3. The van der Waals surface area contributed by atoms with Gasteiger partial charge in [-0.25, -0.2) is 9.79 Å². The third kappa shape index (κ3) is 2.79. The van der Waals surface area contributed by atoms with E-state index in [-0.39, 0.29) is 0 Å². The number of H-pyrrole nitrogens is 1. The van der Waals surface area contributed by atoms with Gasteiger partial charge < -0.3 is 15.4 Å². The number of nitrogens with one attached hydrogen (secondary N) is 2. The Morgan fingerprint density at radius 1 is 1.00 bits per heavy atom. The second-order valence-corrected chi connectivity index (χ2v) is 7.44. The van der Waals surface area contributed by atoms with Crippen molar-refractivity contribution >= 4 is 29.5 Å². The van der Waals surface area contributed by atoms with Crippen LogP contribution in [0.2, 0.25) is 0 Å². The van der Waals surface area contributed by atoms with Crippen LogP contribution in [0, 0.1) is 0 Å². The molecular weight excluding hydrogens is 352 g/mol. The van der Waals surface area contributed by atoms with E-state index in [2.05, 4.69) is 20.3 Å². The van der Waals surface area contributed by atoms with Crippen molar-refractivity contribution in [1.29, 1.82) is 0 Å². The lowest BCUT2D eigenvalue weighted by Gasteiger charge is -2.22. The average molecular weight is 370 g/mol. The topological polar surface area (TPSA) is 89.8 Å². The van der Waals surface area contributed by atoms with Gasteiger partial charge in [-0.3, -0.25) is 4.99 Å². The van der Waals surface area contributed by atoms with Gasteiger partial charge >= 0.3 is 5.97 Å². The van der Waals surface area contributed by atoms with Crippen LogP contribution < -0.4 is 16.0 Å². The maximum Gasteiger partial charge on any atom is 0.339 e. The van der Waals surface area contributed by atoms with Crippen LogP contribution in [-0.4, -0.2) is 38.6 Å². The molecule has 3 N–H and O–H groups in total. The van der Waals surface area contributed by atoms with E-state index >= 15 is 0 Å². The molecule has 2 unspecified atom stereocenters. The Bertz CT molecular complexity index is 1240. The van der Waals surface area contributed by atoms with E-state index in [0.29, 0.717) is 11.4 Å². The van der Waals surface area contributed by atoms with Crippen molar-refractivity contribution in [2.45, 2.75) is 18.0 Å². The van der Waals surface area contributed by atoms with E-state index < -0.39 is 17.0 Å². The van der Waals surface area contributed by atoms with Gasteiger partial charge in [0.2, 0.25) is 0 Å². The molecule has 0 amide bonds. The van der Waals surface area contributed by atoms with Crippen LogP contribution in [0.4, 0.5) is 0 Å². The molecule has 6 nitrogen and oxygen atoms in total. The van der Waals surface area contributed by atoms with Crippen molar-refractivity contribution in [1.82, 2.24) is 10.3 Å². The minimum Gasteiger partial charge on any atom is -0.479 e. The Balaban J connectivity index is 1.72. The second kappa shape index (κ2) is 5.66. The quantitative estimate of drug-likeness (QED) is 0.692. The first kappa shape index (κ1) is 16.5. The van der Waals surface area contributed by atoms with Crippen LogP contribution in [0.1, 0.15) is 6.92 Å². The Hall–Kier alpha value is -3.67. The SMILES string of the molecule is CC12C=CC(=CC3(C(=O)O)C=CC(=N3)C=c3ccc([nH]3)=CC3=NC(=C1)C=C3)N2. The summed E-state index contributed by atoms with van der Waals surface area (Å²) in [5.41, 5.74) is 1.16. The van der Waals surface area contributed by atoms with Crippen molar-refractivity contribution in [3.63, 3.8) is 0 Å². The van der Waals surface area contributed by atoms with Gasteiger partial charge in [0.05, 0.1) is 22.7 Å². The number of rotatable bonds is 1. The molecule has 1 aromatic rings. The molecule has 28 heavy (non-hydrogen) atoms. The van der Waals surface area contributed by atoms with E-state index in [4.69, 9.17) is 0 Å². The standard InChI is InChI=1S/C22H18N4O2/c1-21-8-6-19(25-21)13-22(20(27)28)9-7-17(26-22)11-16-3-2-14(23-16)10-15-4-5-18(12-21)24-15/h2-13,23,25H,1H3,(H,27,28). The van der Waals surface area contributed by atoms with Crippen molar-refractivity contribution in [3.8, 4) is 0 Å². The molecule has 0 radical (unpaired) electrons. The summed E-state index contributed by atoms with van der Waals surface area (Å²) in [4.78, 5) is 24.5. The summed E-state index contributed by atoms with van der Waals surface area (Å²) in [7, 11) is 0. The first-order valence-electron chi connectivity index (χ1n) is 9.02. The number of aromatic amines is 1. The summed E-state index contributed by atoms with van der Waals surface area (Å²) < 4.78 is 0. The minimum atomic E-state index is -1.42. The lowest BCUT2D eigenvalue weighted by molar-refractivity contribution is -0.139. The largest absolute Gasteiger partial charge is 0.479 e. The van der Waals surface area contributed by atoms with Crippen LogP contribution in [-0.2, 0) is 4.79 Å². The maximum absolute atomic E-state index is 12.0. The third-order valence-corrected chi connectivity index (χ3v) is 5.03. The number of allylic oxidation sites excluding steroid dienone is 4. The summed E-state index contributed by atoms with van der Waals surface area (Å²) >= 11 is 0. The number of aromatic nitrogens is 1. The summed E-state index contributed by atoms with van der Waals surface area (Å²) in [5, 5.41) is 15.0. The zero-order chi connectivity index (χ0) is 19.4. The molecule has 0 spiro atoms. The Kier molecular flexibility index (Phi) is 3.34. The number of fused-ring (bicyclic) bond motifs is 6. The fraction of sp³-hybridized carbons (Fsp3) is 0.136. The molecule has 0 aliphatic carbocycles. The Morgan fingerprint density at radius 2 is 1.79 bits per heavy atom. The fourth-order valence-corrected chi connectivity index (χ4v) is 3.68. The van der Waals surface area contributed by atoms with Crippen LogP contribution in [0.15, 0.2) is 82.1 Å². The first-order chi connectivity index (χ1) is 13.4. The molecule has 0 fully saturated rings. The molecule has 0 aromatic carbocycles. The predicted molar refractivity (Wildman–Crippen MR) is 109 cm³/mol. The summed E-state index contributed by atoms with van der Waals surface area (Å²) in [6, 6.07) is 3.89. The number of hydrogen-bond donors (Lipinski definition) is 3. The van der Waals surface area contributed by atoms with E-state index in [1.54, 1.807) is 18.2 Å². The highest BCUT2D eigenvalue weighted by atomic mass is 16.4. The van der Waals surface area contributed by atoms with E-state index in [1.807, 2.05) is 61.6 Å². The average Bonchev–Trinajstić information content (AvgIpc) is 3.39. The van der Waals surface area contributed by atoms with E-state index in [1.165, 1.54) is 0 Å². The molecule has 138 valence electrons. The Labute approximate surface area is 161 Å². The second-order valence-electron chi connectivity index (χ2n) is 7.44. The highest BCUT2D eigenvalue weighted by molar-refractivity contribution is 6.20. The highest BCUT2D eigenvalue weighted by Crippen LogP contribution is 2.28. The fourth-order valence-electron chi connectivity index (χ4n) is 3.68. The van der Waals surface area contributed by atoms with Crippen LogP contribution >= 0.6 is 0 Å². The van der Waals surface area contributed by atoms with Gasteiger partial charge in [-0.05, 0) is 73.7 Å². The molecule has 2 atom stereocenters. The molecule has 4 aliphatic rings. The van der Waals surface area contributed by atoms with Crippen molar-refractivity contribution in [3.05, 3.63) is 82.8 Å². The zero-order valence-corrected chi connectivity index (χ0v) is 15.2. The monoisotopic (exact) mass is 370 g/mol. The van der Waals surface area contributed by atoms with E-state index in [0.717, 1.165) is 22.1 Å². The van der Waals surface area contributed by atoms with E-state index in [9.17, 15) is 9.90 Å². The lowest BCUT2D eigenvalue weighted by Crippen LogP contribution is -2.36. The highest BCUT2D eigenvalue weighted by Gasteiger charge is 2.38. The molecule has 4 aliphatic heterocycles. The summed E-state index contributed by atoms with van der Waals surface area (Å²) in [5.74, 6) is -1.02. The maximum atomic E-state index is 12.0. The zero-order valence-electron chi connectivity index (χ0n) is 15.2. The van der Waals surface area contributed by atoms with Crippen molar-refractivity contribution in [2.75, 3.05) is 0 Å².